The lowest BCUT2D eigenvalue weighted by molar-refractivity contribution is -0.153. The molecule has 3 aromatic rings. The van der Waals surface area contributed by atoms with Crippen molar-refractivity contribution in [3.05, 3.63) is 72.1 Å². The number of guanidine groups is 1. The van der Waals surface area contributed by atoms with Crippen LogP contribution in [0.1, 0.15) is 11.3 Å². The van der Waals surface area contributed by atoms with Gasteiger partial charge in [0.15, 0.2) is 12.6 Å². The van der Waals surface area contributed by atoms with Gasteiger partial charge in [0.25, 0.3) is 0 Å². The van der Waals surface area contributed by atoms with Crippen LogP contribution in [0.3, 0.4) is 0 Å². The number of hydrogen-bond donors (Lipinski definition) is 2. The second kappa shape index (κ2) is 11.0. The highest BCUT2D eigenvalue weighted by Crippen LogP contribution is 2.19. The molecule has 0 aliphatic heterocycles. The number of ether oxygens (including phenoxy) is 1. The Hall–Kier alpha value is -2.56. The van der Waals surface area contributed by atoms with Gasteiger partial charge >= 0.3 is 6.18 Å². The Morgan fingerprint density at radius 3 is 2.40 bits per heavy atom. The summed E-state index contributed by atoms with van der Waals surface area (Å²) in [6.07, 6.45) is -2.57. The van der Waals surface area contributed by atoms with E-state index in [1.807, 2.05) is 30.3 Å². The van der Waals surface area contributed by atoms with Crippen molar-refractivity contribution >= 4 is 40.7 Å². The maximum Gasteiger partial charge on any atom is 0.422 e. The Kier molecular flexibility index (Phi) is 8.70. The van der Waals surface area contributed by atoms with Gasteiger partial charge in [0.05, 0.1) is 12.2 Å². The number of halogens is 4. The van der Waals surface area contributed by atoms with Crippen LogP contribution in [0.5, 0.6) is 5.75 Å². The maximum absolute atomic E-state index is 12.2. The van der Waals surface area contributed by atoms with Crippen molar-refractivity contribution in [3.8, 4) is 5.75 Å². The summed E-state index contributed by atoms with van der Waals surface area (Å²) in [4.78, 5) is 8.63. The van der Waals surface area contributed by atoms with Crippen molar-refractivity contribution in [1.29, 1.82) is 0 Å². The van der Waals surface area contributed by atoms with Crippen LogP contribution in [0.4, 0.5) is 13.2 Å². The second-order valence-electron chi connectivity index (χ2n) is 6.31. The quantitative estimate of drug-likeness (QED) is 0.277. The molecule has 0 unspecified atom stereocenters. The van der Waals surface area contributed by atoms with Gasteiger partial charge in [-0.2, -0.15) is 13.2 Å². The van der Waals surface area contributed by atoms with Crippen molar-refractivity contribution in [2.24, 2.45) is 4.99 Å². The molecular weight excluding hydrogens is 508 g/mol. The highest BCUT2D eigenvalue weighted by Gasteiger charge is 2.28. The van der Waals surface area contributed by atoms with Crippen LogP contribution in [0.25, 0.3) is 10.8 Å². The molecule has 0 atom stereocenters. The number of fused-ring (bicyclic) bond motifs is 1. The van der Waals surface area contributed by atoms with E-state index in [9.17, 15) is 13.2 Å². The molecule has 2 aromatic carbocycles. The average molecular weight is 530 g/mol. The van der Waals surface area contributed by atoms with E-state index in [-0.39, 0.29) is 29.7 Å². The van der Waals surface area contributed by atoms with Crippen molar-refractivity contribution in [3.63, 3.8) is 0 Å². The molecule has 0 saturated heterocycles. The van der Waals surface area contributed by atoms with E-state index < -0.39 is 12.8 Å². The van der Waals surface area contributed by atoms with Gasteiger partial charge in [-0.05, 0) is 29.1 Å². The molecule has 160 valence electrons. The molecule has 5 nitrogen and oxygen atoms in total. The lowest BCUT2D eigenvalue weighted by atomic mass is 10.1. The number of aromatic nitrogens is 1. The van der Waals surface area contributed by atoms with Crippen molar-refractivity contribution < 1.29 is 17.9 Å². The molecule has 0 spiro atoms. The maximum atomic E-state index is 12.2. The van der Waals surface area contributed by atoms with Crippen LogP contribution in [-0.4, -0.2) is 30.8 Å². The Bertz CT molecular complexity index is 973. The van der Waals surface area contributed by atoms with Gasteiger partial charge < -0.3 is 15.4 Å². The summed E-state index contributed by atoms with van der Waals surface area (Å²) >= 11 is 0. The number of benzene rings is 2. The van der Waals surface area contributed by atoms with Crippen molar-refractivity contribution in [2.75, 3.05) is 13.7 Å². The number of pyridine rings is 1. The highest BCUT2D eigenvalue weighted by atomic mass is 127. The van der Waals surface area contributed by atoms with Crippen molar-refractivity contribution in [2.45, 2.75) is 19.3 Å². The van der Waals surface area contributed by atoms with E-state index in [1.165, 1.54) is 12.1 Å². The van der Waals surface area contributed by atoms with Gasteiger partial charge in [0.1, 0.15) is 5.75 Å². The van der Waals surface area contributed by atoms with Crippen LogP contribution in [0.2, 0.25) is 0 Å². The normalized spacial score (nSPS) is 11.7. The topological polar surface area (TPSA) is 58.5 Å². The van der Waals surface area contributed by atoms with Gasteiger partial charge in [-0.25, -0.2) is 0 Å². The first-order valence-electron chi connectivity index (χ1n) is 9.00. The third-order valence-corrected chi connectivity index (χ3v) is 4.19. The summed E-state index contributed by atoms with van der Waals surface area (Å²) in [5, 5.41) is 8.59. The Balaban J connectivity index is 0.00000320. The minimum absolute atomic E-state index is 0. The number of hydrogen-bond acceptors (Lipinski definition) is 3. The highest BCUT2D eigenvalue weighted by molar-refractivity contribution is 14.0. The summed E-state index contributed by atoms with van der Waals surface area (Å²) in [6.45, 7) is -0.337. The molecule has 1 aromatic heterocycles. The van der Waals surface area contributed by atoms with E-state index >= 15 is 0 Å². The average Bonchev–Trinajstić information content (AvgIpc) is 2.72. The third kappa shape index (κ3) is 7.05. The number of rotatable bonds is 6. The van der Waals surface area contributed by atoms with E-state index in [4.69, 9.17) is 4.74 Å². The number of nitrogens with zero attached hydrogens (tertiary/aromatic N) is 2. The van der Waals surface area contributed by atoms with Gasteiger partial charge in [-0.15, -0.1) is 24.0 Å². The van der Waals surface area contributed by atoms with Gasteiger partial charge in [-0.3, -0.25) is 9.98 Å². The molecule has 0 fully saturated rings. The third-order valence-electron chi connectivity index (χ3n) is 4.19. The number of aliphatic imine (C=N–C) groups is 1. The molecule has 2 N–H and O–H groups in total. The molecule has 9 heteroatoms. The van der Waals surface area contributed by atoms with Gasteiger partial charge in [-0.1, -0.05) is 36.4 Å². The van der Waals surface area contributed by atoms with E-state index in [0.717, 1.165) is 22.0 Å². The molecule has 0 bridgehead atoms. The molecule has 0 radical (unpaired) electrons. The molecule has 0 aliphatic carbocycles. The zero-order valence-electron chi connectivity index (χ0n) is 16.2. The first-order valence-corrected chi connectivity index (χ1v) is 9.00. The first kappa shape index (κ1) is 23.7. The van der Waals surface area contributed by atoms with Crippen LogP contribution in [0.15, 0.2) is 65.8 Å². The lowest BCUT2D eigenvalue weighted by Gasteiger charge is -2.13. The van der Waals surface area contributed by atoms with Crippen LogP contribution < -0.4 is 15.4 Å². The second-order valence-corrected chi connectivity index (χ2v) is 6.31. The zero-order chi connectivity index (χ0) is 20.7. The SMILES string of the molecule is CN=C(NCc1ccc(OCC(F)(F)F)cc1)NCc1nccc2ccccc12.I. The number of nitrogens with one attached hydrogen (secondary N) is 2. The summed E-state index contributed by atoms with van der Waals surface area (Å²) in [6, 6.07) is 16.4. The Morgan fingerprint density at radius 1 is 1.00 bits per heavy atom. The monoisotopic (exact) mass is 530 g/mol. The fourth-order valence-electron chi connectivity index (χ4n) is 2.77. The predicted molar refractivity (Wildman–Crippen MR) is 122 cm³/mol. The van der Waals surface area contributed by atoms with Gasteiger partial charge in [0.2, 0.25) is 0 Å². The van der Waals surface area contributed by atoms with Crippen molar-refractivity contribution in [1.82, 2.24) is 15.6 Å². The number of alkyl halides is 3. The molecule has 3 rings (SSSR count). The molecule has 1 heterocycles. The Morgan fingerprint density at radius 2 is 1.70 bits per heavy atom. The fourth-order valence-corrected chi connectivity index (χ4v) is 2.77. The largest absolute Gasteiger partial charge is 0.484 e. The minimum atomic E-state index is -4.35. The zero-order valence-corrected chi connectivity index (χ0v) is 18.6. The molecule has 0 saturated carbocycles. The van der Waals surface area contributed by atoms with Crippen LogP contribution in [0, 0.1) is 0 Å². The van der Waals surface area contributed by atoms with E-state index in [2.05, 4.69) is 20.6 Å². The predicted octanol–water partition coefficient (Wildman–Crippen LogP) is 4.66. The molecule has 0 aliphatic rings. The summed E-state index contributed by atoms with van der Waals surface area (Å²) < 4.78 is 41.3. The smallest absolute Gasteiger partial charge is 0.422 e. The first-order chi connectivity index (χ1) is 13.9. The minimum Gasteiger partial charge on any atom is -0.484 e. The van der Waals surface area contributed by atoms with Crippen LogP contribution in [-0.2, 0) is 13.1 Å². The molecular formula is C21H22F3IN4O. The fraction of sp³-hybridized carbons (Fsp3) is 0.238. The standard InChI is InChI=1S/C21H21F3N4O.HI/c1-25-20(28-13-19-18-5-3-2-4-16(18)10-11-26-19)27-12-15-6-8-17(9-7-15)29-14-21(22,23)24;/h2-11H,12-14H2,1H3,(H2,25,27,28);1H. The summed E-state index contributed by atoms with van der Waals surface area (Å²) in [5.41, 5.74) is 1.80. The van der Waals surface area contributed by atoms with E-state index in [1.54, 1.807) is 25.4 Å². The Labute approximate surface area is 189 Å². The summed E-state index contributed by atoms with van der Waals surface area (Å²) in [7, 11) is 1.67. The summed E-state index contributed by atoms with van der Waals surface area (Å²) in [5.74, 6) is 0.771. The lowest BCUT2D eigenvalue weighted by Crippen LogP contribution is -2.36. The molecule has 30 heavy (non-hydrogen) atoms. The van der Waals surface area contributed by atoms with E-state index in [0.29, 0.717) is 19.0 Å². The van der Waals surface area contributed by atoms with Gasteiger partial charge in [0, 0.05) is 25.2 Å². The van der Waals surface area contributed by atoms with Crippen LogP contribution >= 0.6 is 24.0 Å². The molecule has 0 amide bonds.